The lowest BCUT2D eigenvalue weighted by atomic mass is 10.1. The zero-order valence-corrected chi connectivity index (χ0v) is 10.2. The average molecular weight is 244 g/mol. The fourth-order valence-corrected chi connectivity index (χ4v) is 1.77. The van der Waals surface area contributed by atoms with E-state index in [-0.39, 0.29) is 0 Å². The van der Waals surface area contributed by atoms with E-state index in [4.69, 9.17) is 11.6 Å². The monoisotopic (exact) mass is 243 g/mol. The molecule has 2 aromatic rings. The fourth-order valence-electron chi connectivity index (χ4n) is 1.62. The van der Waals surface area contributed by atoms with Gasteiger partial charge >= 0.3 is 0 Å². The molecule has 0 aliphatic carbocycles. The molecule has 0 heterocycles. The van der Waals surface area contributed by atoms with Gasteiger partial charge in [-0.2, -0.15) is 0 Å². The molecule has 0 aliphatic rings. The summed E-state index contributed by atoms with van der Waals surface area (Å²) in [6.45, 7) is 3.69. The van der Waals surface area contributed by atoms with E-state index in [1.807, 2.05) is 42.5 Å². The van der Waals surface area contributed by atoms with E-state index in [0.29, 0.717) is 11.5 Å². The Morgan fingerprint density at radius 1 is 0.941 bits per heavy atom. The van der Waals surface area contributed by atoms with Gasteiger partial charge in [0.2, 0.25) is 0 Å². The first kappa shape index (κ1) is 11.7. The molecule has 0 aliphatic heterocycles. The summed E-state index contributed by atoms with van der Waals surface area (Å²) in [5.74, 6) is 0. The van der Waals surface area contributed by atoms with Crippen LogP contribution in [0.5, 0.6) is 0 Å². The molecule has 0 aromatic heterocycles. The van der Waals surface area contributed by atoms with Gasteiger partial charge in [0.05, 0.1) is 0 Å². The van der Waals surface area contributed by atoms with Crippen LogP contribution >= 0.6 is 11.6 Å². The van der Waals surface area contributed by atoms with Crippen LogP contribution in [0.1, 0.15) is 5.56 Å². The van der Waals surface area contributed by atoms with Gasteiger partial charge < -0.3 is 5.32 Å². The van der Waals surface area contributed by atoms with Crippen LogP contribution in [-0.2, 0) is 6.42 Å². The van der Waals surface area contributed by atoms with E-state index >= 15 is 0 Å². The highest BCUT2D eigenvalue weighted by molar-refractivity contribution is 6.29. The molecule has 0 unspecified atom stereocenters. The first-order chi connectivity index (χ1) is 8.24. The second kappa shape index (κ2) is 5.55. The van der Waals surface area contributed by atoms with Crippen molar-refractivity contribution in [2.45, 2.75) is 6.42 Å². The molecule has 1 nitrogen and oxygen atoms in total. The zero-order chi connectivity index (χ0) is 12.1. The Morgan fingerprint density at radius 2 is 1.53 bits per heavy atom. The third kappa shape index (κ3) is 3.65. The van der Waals surface area contributed by atoms with Gasteiger partial charge in [-0.3, -0.25) is 0 Å². The van der Waals surface area contributed by atoms with Crippen molar-refractivity contribution in [1.29, 1.82) is 0 Å². The Bertz CT molecular complexity index is 488. The quantitative estimate of drug-likeness (QED) is 0.819. The van der Waals surface area contributed by atoms with Gasteiger partial charge in [-0.15, -0.1) is 0 Å². The minimum atomic E-state index is 0.661. The van der Waals surface area contributed by atoms with Crippen molar-refractivity contribution in [1.82, 2.24) is 0 Å². The molecular formula is C15H14ClN. The van der Waals surface area contributed by atoms with E-state index in [1.54, 1.807) is 0 Å². The van der Waals surface area contributed by atoms with Crippen LogP contribution < -0.4 is 5.32 Å². The summed E-state index contributed by atoms with van der Waals surface area (Å²) < 4.78 is 0. The first-order valence-corrected chi connectivity index (χ1v) is 5.86. The summed E-state index contributed by atoms with van der Waals surface area (Å²) in [4.78, 5) is 0. The Hall–Kier alpha value is -1.73. The van der Waals surface area contributed by atoms with Gasteiger partial charge in [0.15, 0.2) is 0 Å². The predicted molar refractivity (Wildman–Crippen MR) is 74.9 cm³/mol. The lowest BCUT2D eigenvalue weighted by Gasteiger charge is -2.07. The van der Waals surface area contributed by atoms with Gasteiger partial charge in [-0.25, -0.2) is 0 Å². The number of para-hydroxylation sites is 1. The lowest BCUT2D eigenvalue weighted by Crippen LogP contribution is -1.90. The van der Waals surface area contributed by atoms with Crippen molar-refractivity contribution in [3.63, 3.8) is 0 Å². The molecule has 0 spiro atoms. The number of benzene rings is 2. The van der Waals surface area contributed by atoms with Gasteiger partial charge in [-0.05, 0) is 29.8 Å². The van der Waals surface area contributed by atoms with Crippen LogP contribution in [0.25, 0.3) is 0 Å². The molecule has 0 radical (unpaired) electrons. The Balaban J connectivity index is 2.06. The van der Waals surface area contributed by atoms with Crippen LogP contribution in [-0.4, -0.2) is 0 Å². The molecule has 0 saturated carbocycles. The maximum atomic E-state index is 5.77. The number of halogens is 1. The van der Waals surface area contributed by atoms with Crippen molar-refractivity contribution in [3.05, 3.63) is 71.8 Å². The van der Waals surface area contributed by atoms with E-state index in [9.17, 15) is 0 Å². The van der Waals surface area contributed by atoms with Crippen molar-refractivity contribution in [3.8, 4) is 0 Å². The van der Waals surface area contributed by atoms with Gasteiger partial charge in [0, 0.05) is 22.8 Å². The van der Waals surface area contributed by atoms with Crippen LogP contribution in [0, 0.1) is 0 Å². The molecule has 0 amide bonds. The maximum Gasteiger partial charge on any atom is 0.0384 e. The van der Waals surface area contributed by atoms with E-state index < -0.39 is 0 Å². The van der Waals surface area contributed by atoms with Crippen molar-refractivity contribution in [2.75, 3.05) is 5.32 Å². The molecule has 0 fully saturated rings. The van der Waals surface area contributed by atoms with Crippen LogP contribution in [0.2, 0.25) is 0 Å². The van der Waals surface area contributed by atoms with Gasteiger partial charge in [0.25, 0.3) is 0 Å². The average Bonchev–Trinajstić information content (AvgIpc) is 2.32. The summed E-state index contributed by atoms with van der Waals surface area (Å²) in [6.07, 6.45) is 0.715. The highest BCUT2D eigenvalue weighted by Crippen LogP contribution is 2.18. The van der Waals surface area contributed by atoms with Gasteiger partial charge in [-0.1, -0.05) is 48.5 Å². The highest BCUT2D eigenvalue weighted by atomic mass is 35.5. The van der Waals surface area contributed by atoms with Crippen LogP contribution in [0.3, 0.4) is 0 Å². The standard InChI is InChI=1S/C15H14ClN/c1-12(16)11-13-7-9-15(10-8-13)17-14-5-3-2-4-6-14/h2-10,17H,1,11H2. The highest BCUT2D eigenvalue weighted by Gasteiger charge is 1.96. The molecule has 86 valence electrons. The van der Waals surface area contributed by atoms with E-state index in [1.165, 1.54) is 5.56 Å². The normalized spacial score (nSPS) is 9.94. The van der Waals surface area contributed by atoms with Crippen molar-refractivity contribution < 1.29 is 0 Å². The Labute approximate surface area is 107 Å². The molecule has 0 saturated heterocycles. The number of anilines is 2. The molecule has 0 bridgehead atoms. The Kier molecular flexibility index (Phi) is 3.84. The zero-order valence-electron chi connectivity index (χ0n) is 9.49. The van der Waals surface area contributed by atoms with E-state index in [2.05, 4.69) is 24.0 Å². The second-order valence-corrected chi connectivity index (χ2v) is 4.42. The van der Waals surface area contributed by atoms with Crippen molar-refractivity contribution in [2.24, 2.45) is 0 Å². The summed E-state index contributed by atoms with van der Waals surface area (Å²) in [5.41, 5.74) is 3.32. The molecule has 2 heteroatoms. The second-order valence-electron chi connectivity index (χ2n) is 3.88. The topological polar surface area (TPSA) is 12.0 Å². The number of nitrogens with one attached hydrogen (secondary N) is 1. The Morgan fingerprint density at radius 3 is 2.12 bits per heavy atom. The summed E-state index contributed by atoms with van der Waals surface area (Å²) in [5, 5.41) is 3.99. The first-order valence-electron chi connectivity index (χ1n) is 5.48. The fraction of sp³-hybridized carbons (Fsp3) is 0.0667. The third-order valence-electron chi connectivity index (χ3n) is 2.41. The number of rotatable bonds is 4. The molecule has 2 aromatic carbocycles. The van der Waals surface area contributed by atoms with Gasteiger partial charge in [0.1, 0.15) is 0 Å². The molecule has 17 heavy (non-hydrogen) atoms. The molecular weight excluding hydrogens is 230 g/mol. The summed E-state index contributed by atoms with van der Waals surface area (Å²) in [6, 6.07) is 18.3. The minimum absolute atomic E-state index is 0.661. The maximum absolute atomic E-state index is 5.77. The smallest absolute Gasteiger partial charge is 0.0384 e. The number of hydrogen-bond acceptors (Lipinski definition) is 1. The summed E-state index contributed by atoms with van der Waals surface area (Å²) >= 11 is 5.77. The van der Waals surface area contributed by atoms with Crippen molar-refractivity contribution >= 4 is 23.0 Å². The van der Waals surface area contributed by atoms with E-state index in [0.717, 1.165) is 11.4 Å². The predicted octanol–water partition coefficient (Wildman–Crippen LogP) is 4.73. The summed E-state index contributed by atoms with van der Waals surface area (Å²) in [7, 11) is 0. The number of hydrogen-bond donors (Lipinski definition) is 1. The molecule has 0 atom stereocenters. The SMILES string of the molecule is C=C(Cl)Cc1ccc(Nc2ccccc2)cc1. The molecule has 2 rings (SSSR count). The number of allylic oxidation sites excluding steroid dienone is 1. The van der Waals surface area contributed by atoms with Crippen LogP contribution in [0.15, 0.2) is 66.2 Å². The minimum Gasteiger partial charge on any atom is -0.356 e. The largest absolute Gasteiger partial charge is 0.356 e. The van der Waals surface area contributed by atoms with Crippen LogP contribution in [0.4, 0.5) is 11.4 Å². The lowest BCUT2D eigenvalue weighted by molar-refractivity contribution is 1.25. The molecule has 1 N–H and O–H groups in total. The third-order valence-corrected chi connectivity index (χ3v) is 2.55.